The fourth-order valence-electron chi connectivity index (χ4n) is 4.33. The minimum absolute atomic E-state index is 0.304. The van der Waals surface area contributed by atoms with Gasteiger partial charge in [0.2, 0.25) is 0 Å². The molecule has 0 amide bonds. The zero-order chi connectivity index (χ0) is 24.0. The van der Waals surface area contributed by atoms with Crippen LogP contribution in [-0.4, -0.2) is 37.1 Å². The number of hydrogen-bond donors (Lipinski definition) is 4. The average molecular weight is 464 g/mol. The molecule has 0 aliphatic carbocycles. The Kier molecular flexibility index (Phi) is 10.9. The van der Waals surface area contributed by atoms with Crippen molar-refractivity contribution >= 4 is 28.2 Å². The number of fused-ring (bicyclic) bond motifs is 1. The molecule has 0 saturated heterocycles. The van der Waals surface area contributed by atoms with Crippen LogP contribution < -0.4 is 15.8 Å². The Balaban J connectivity index is 1.27. The Morgan fingerprint density at radius 1 is 0.853 bits per heavy atom. The van der Waals surface area contributed by atoms with E-state index in [4.69, 9.17) is 21.3 Å². The first-order valence-electron chi connectivity index (χ1n) is 13.0. The average Bonchev–Trinajstić information content (AvgIpc) is 2.85. The highest BCUT2D eigenvalue weighted by Gasteiger charge is 2.08. The lowest BCUT2D eigenvalue weighted by Gasteiger charge is -2.15. The number of benzene rings is 2. The highest BCUT2D eigenvalue weighted by atomic mass is 16.5. The van der Waals surface area contributed by atoms with Gasteiger partial charge in [0.25, 0.3) is 0 Å². The van der Waals surface area contributed by atoms with Crippen LogP contribution in [0.3, 0.4) is 0 Å². The van der Waals surface area contributed by atoms with Gasteiger partial charge in [-0.15, -0.1) is 0 Å². The standard InChI is InChI=1S/C28H41N5O/c29-25(10-6-4-2-1-3-5-7-12-27(30)31)11-8-19-34-26-16-15-22-20-24(14-13-23(22)21-26)28-32-17-9-18-33-28/h13-16,20-21,29H,1-12,17-19H2,(H3,30,31)(H,32,33). The van der Waals surface area contributed by atoms with Gasteiger partial charge in [-0.2, -0.15) is 0 Å². The highest BCUT2D eigenvalue weighted by molar-refractivity contribution is 6.02. The summed E-state index contributed by atoms with van der Waals surface area (Å²) in [5, 5.41) is 21.2. The number of rotatable bonds is 16. The molecule has 1 aliphatic heterocycles. The zero-order valence-electron chi connectivity index (χ0n) is 20.5. The molecule has 184 valence electrons. The van der Waals surface area contributed by atoms with Crippen molar-refractivity contribution in [2.24, 2.45) is 10.7 Å². The number of ether oxygens (including phenoxy) is 1. The van der Waals surface area contributed by atoms with Crippen LogP contribution in [0, 0.1) is 10.8 Å². The summed E-state index contributed by atoms with van der Waals surface area (Å²) in [6, 6.07) is 12.7. The molecular weight excluding hydrogens is 422 g/mol. The monoisotopic (exact) mass is 463 g/mol. The smallest absolute Gasteiger partial charge is 0.128 e. The number of nitrogens with one attached hydrogen (secondary N) is 3. The Labute approximate surface area is 204 Å². The predicted octanol–water partition coefficient (Wildman–Crippen LogP) is 6.21. The predicted molar refractivity (Wildman–Crippen MR) is 144 cm³/mol. The molecule has 2 aromatic carbocycles. The number of amidine groups is 2. The van der Waals surface area contributed by atoms with Crippen molar-refractivity contribution in [3.8, 4) is 5.75 Å². The lowest BCUT2D eigenvalue weighted by atomic mass is 10.0. The van der Waals surface area contributed by atoms with Gasteiger partial charge in [-0.25, -0.2) is 0 Å². The molecule has 0 saturated carbocycles. The zero-order valence-corrected chi connectivity index (χ0v) is 20.5. The SMILES string of the molecule is N=C(N)CCCCCCCCCC(=N)CCCOc1ccc2cc(C3=NCCCN3)ccc2c1. The maximum absolute atomic E-state index is 8.19. The minimum Gasteiger partial charge on any atom is -0.494 e. The first-order valence-corrected chi connectivity index (χ1v) is 13.0. The van der Waals surface area contributed by atoms with Crippen molar-refractivity contribution in [1.82, 2.24) is 5.32 Å². The van der Waals surface area contributed by atoms with E-state index in [0.29, 0.717) is 12.4 Å². The van der Waals surface area contributed by atoms with Crippen LogP contribution in [0.15, 0.2) is 41.4 Å². The summed E-state index contributed by atoms with van der Waals surface area (Å²) in [6.45, 7) is 2.53. The van der Waals surface area contributed by atoms with Crippen LogP contribution in [0.5, 0.6) is 5.75 Å². The fraction of sp³-hybridized carbons (Fsp3) is 0.536. The molecule has 2 aromatic rings. The molecule has 0 spiro atoms. The molecule has 6 heteroatoms. The van der Waals surface area contributed by atoms with Gasteiger partial charge in [0.05, 0.1) is 12.4 Å². The summed E-state index contributed by atoms with van der Waals surface area (Å²) < 4.78 is 5.96. The van der Waals surface area contributed by atoms with E-state index in [1.54, 1.807) is 0 Å². The van der Waals surface area contributed by atoms with E-state index >= 15 is 0 Å². The van der Waals surface area contributed by atoms with Crippen LogP contribution in [0.4, 0.5) is 0 Å². The normalized spacial score (nSPS) is 13.4. The van der Waals surface area contributed by atoms with Gasteiger partial charge in [0, 0.05) is 30.8 Å². The summed E-state index contributed by atoms with van der Waals surface area (Å²) in [5.74, 6) is 2.19. The van der Waals surface area contributed by atoms with Crippen molar-refractivity contribution in [2.75, 3.05) is 19.7 Å². The van der Waals surface area contributed by atoms with Crippen molar-refractivity contribution in [3.05, 3.63) is 42.0 Å². The first-order chi connectivity index (χ1) is 16.6. The minimum atomic E-state index is 0.304. The van der Waals surface area contributed by atoms with Gasteiger partial charge in [-0.1, -0.05) is 50.3 Å². The molecule has 0 aromatic heterocycles. The summed E-state index contributed by atoms with van der Waals surface area (Å²) >= 11 is 0. The van der Waals surface area contributed by atoms with Crippen LogP contribution >= 0.6 is 0 Å². The second-order valence-electron chi connectivity index (χ2n) is 9.29. The Bertz CT molecular complexity index is 968. The van der Waals surface area contributed by atoms with E-state index in [1.807, 2.05) is 6.07 Å². The molecule has 6 nitrogen and oxygen atoms in total. The van der Waals surface area contributed by atoms with Gasteiger partial charge < -0.3 is 21.2 Å². The van der Waals surface area contributed by atoms with E-state index in [1.165, 1.54) is 42.9 Å². The Morgan fingerprint density at radius 2 is 1.53 bits per heavy atom. The van der Waals surface area contributed by atoms with Gasteiger partial charge in [-0.3, -0.25) is 10.4 Å². The summed E-state index contributed by atoms with van der Waals surface area (Å²) in [6.07, 6.45) is 12.7. The molecule has 34 heavy (non-hydrogen) atoms. The van der Waals surface area contributed by atoms with Crippen LogP contribution in [0.2, 0.25) is 0 Å². The molecule has 0 fully saturated rings. The molecule has 1 heterocycles. The van der Waals surface area contributed by atoms with Crippen LogP contribution in [0.25, 0.3) is 10.8 Å². The van der Waals surface area contributed by atoms with Gasteiger partial charge >= 0.3 is 0 Å². The van der Waals surface area contributed by atoms with Gasteiger partial charge in [0.15, 0.2) is 0 Å². The molecule has 0 radical (unpaired) electrons. The third-order valence-electron chi connectivity index (χ3n) is 6.30. The lowest BCUT2D eigenvalue weighted by Crippen LogP contribution is -2.30. The van der Waals surface area contributed by atoms with Crippen molar-refractivity contribution in [3.63, 3.8) is 0 Å². The molecule has 5 N–H and O–H groups in total. The largest absolute Gasteiger partial charge is 0.494 e. The third-order valence-corrected chi connectivity index (χ3v) is 6.30. The molecule has 0 unspecified atom stereocenters. The summed E-state index contributed by atoms with van der Waals surface area (Å²) in [4.78, 5) is 4.59. The van der Waals surface area contributed by atoms with Crippen molar-refractivity contribution in [1.29, 1.82) is 10.8 Å². The number of hydrogen-bond acceptors (Lipinski definition) is 5. The first kappa shape index (κ1) is 25.7. The van der Waals surface area contributed by atoms with Crippen molar-refractivity contribution < 1.29 is 4.74 Å². The second-order valence-corrected chi connectivity index (χ2v) is 9.29. The number of aliphatic imine (C=N–C) groups is 1. The van der Waals surface area contributed by atoms with E-state index in [9.17, 15) is 0 Å². The maximum Gasteiger partial charge on any atom is 0.128 e. The van der Waals surface area contributed by atoms with E-state index in [-0.39, 0.29) is 0 Å². The molecule has 0 atom stereocenters. The maximum atomic E-state index is 8.19. The number of unbranched alkanes of at least 4 members (excludes halogenated alkanes) is 6. The second kappa shape index (κ2) is 14.4. The van der Waals surface area contributed by atoms with Crippen LogP contribution in [0.1, 0.15) is 82.6 Å². The Morgan fingerprint density at radius 3 is 2.26 bits per heavy atom. The topological polar surface area (TPSA) is 107 Å². The van der Waals surface area contributed by atoms with E-state index in [0.717, 1.165) is 80.9 Å². The third kappa shape index (κ3) is 9.16. The quantitative estimate of drug-likeness (QED) is 0.135. The molecule has 3 rings (SSSR count). The van der Waals surface area contributed by atoms with E-state index < -0.39 is 0 Å². The molecule has 0 bridgehead atoms. The number of nitrogens with two attached hydrogens (primary N) is 1. The fourth-order valence-corrected chi connectivity index (χ4v) is 4.33. The van der Waals surface area contributed by atoms with Crippen molar-refractivity contribution in [2.45, 2.75) is 77.0 Å². The van der Waals surface area contributed by atoms with Crippen LogP contribution in [-0.2, 0) is 0 Å². The Hall–Kier alpha value is -2.89. The van der Waals surface area contributed by atoms with Gasteiger partial charge in [-0.05, 0) is 67.5 Å². The molecule has 1 aliphatic rings. The molecular formula is C28H41N5O. The lowest BCUT2D eigenvalue weighted by molar-refractivity contribution is 0.313. The summed E-state index contributed by atoms with van der Waals surface area (Å²) in [5.41, 5.74) is 7.36. The van der Waals surface area contributed by atoms with Gasteiger partial charge in [0.1, 0.15) is 11.6 Å². The van der Waals surface area contributed by atoms with E-state index in [2.05, 4.69) is 40.6 Å². The highest BCUT2D eigenvalue weighted by Crippen LogP contribution is 2.23. The number of nitrogens with zero attached hydrogens (tertiary/aromatic N) is 1. The summed E-state index contributed by atoms with van der Waals surface area (Å²) in [7, 11) is 0.